The Labute approximate surface area is 109 Å². The van der Waals surface area contributed by atoms with Gasteiger partial charge >= 0.3 is 0 Å². The molecule has 0 bridgehead atoms. The van der Waals surface area contributed by atoms with Crippen LogP contribution in [-0.4, -0.2) is 16.6 Å². The summed E-state index contributed by atoms with van der Waals surface area (Å²) in [5.74, 6) is 1.63. The van der Waals surface area contributed by atoms with E-state index in [-0.39, 0.29) is 17.4 Å². The quantitative estimate of drug-likeness (QED) is 0.843. The van der Waals surface area contributed by atoms with Crippen molar-refractivity contribution < 1.29 is 4.74 Å². The summed E-state index contributed by atoms with van der Waals surface area (Å²) in [6, 6.07) is 7.78. The van der Waals surface area contributed by atoms with Crippen molar-refractivity contribution in [3.05, 3.63) is 57.8 Å². The summed E-state index contributed by atoms with van der Waals surface area (Å²) < 4.78 is 5.57. The molecule has 3 rings (SSSR count). The summed E-state index contributed by atoms with van der Waals surface area (Å²) in [6.07, 6.45) is 1.53. The normalized spacial score (nSPS) is 17.3. The second-order valence-electron chi connectivity index (χ2n) is 4.16. The number of alkyl halides is 1. The van der Waals surface area contributed by atoms with Gasteiger partial charge in [0.25, 0.3) is 5.56 Å². The van der Waals surface area contributed by atoms with Gasteiger partial charge in [0.05, 0.1) is 17.4 Å². The molecule has 18 heavy (non-hydrogen) atoms. The van der Waals surface area contributed by atoms with E-state index in [2.05, 4.69) is 9.97 Å². The third-order valence-corrected chi connectivity index (χ3v) is 3.35. The van der Waals surface area contributed by atoms with Crippen LogP contribution in [0.4, 0.5) is 0 Å². The molecule has 0 saturated heterocycles. The Balaban J connectivity index is 2.03. The van der Waals surface area contributed by atoms with Crippen molar-refractivity contribution in [1.29, 1.82) is 0 Å². The molecule has 0 radical (unpaired) electrons. The lowest BCUT2D eigenvalue weighted by Gasteiger charge is -2.08. The maximum Gasteiger partial charge on any atom is 0.255 e. The van der Waals surface area contributed by atoms with Crippen LogP contribution in [0.3, 0.4) is 0 Å². The summed E-state index contributed by atoms with van der Waals surface area (Å²) in [5, 5.41) is 0. The van der Waals surface area contributed by atoms with E-state index in [1.54, 1.807) is 0 Å². The molecule has 0 spiro atoms. The molecule has 1 N–H and O–H groups in total. The summed E-state index contributed by atoms with van der Waals surface area (Å²) >= 11 is 5.64. The largest absolute Gasteiger partial charge is 0.492 e. The predicted octanol–water partition coefficient (Wildman–Crippen LogP) is 2.03. The number of aromatic amines is 1. The Morgan fingerprint density at radius 1 is 1.44 bits per heavy atom. The number of nitrogens with zero attached hydrogens (tertiary/aromatic N) is 1. The first kappa shape index (κ1) is 11.3. The Hall–Kier alpha value is -1.81. The smallest absolute Gasteiger partial charge is 0.255 e. The van der Waals surface area contributed by atoms with Gasteiger partial charge in [-0.05, 0) is 6.07 Å². The second kappa shape index (κ2) is 4.46. The van der Waals surface area contributed by atoms with Crippen LogP contribution in [0.15, 0.2) is 35.3 Å². The van der Waals surface area contributed by atoms with E-state index < -0.39 is 0 Å². The average molecular weight is 263 g/mol. The van der Waals surface area contributed by atoms with Crippen LogP contribution in [0.2, 0.25) is 0 Å². The fourth-order valence-corrected chi connectivity index (χ4v) is 2.29. The zero-order chi connectivity index (χ0) is 12.5. The van der Waals surface area contributed by atoms with E-state index in [0.29, 0.717) is 18.0 Å². The van der Waals surface area contributed by atoms with Crippen LogP contribution in [-0.2, 0) is 5.88 Å². The molecular formula is C13H11ClN2O2. The van der Waals surface area contributed by atoms with Crippen molar-refractivity contribution in [1.82, 2.24) is 9.97 Å². The SMILES string of the molecule is O=c1[nH]c(C2COc3ccccc32)ncc1CCl. The zero-order valence-corrected chi connectivity index (χ0v) is 10.3. The van der Waals surface area contributed by atoms with Gasteiger partial charge in [-0.15, -0.1) is 11.6 Å². The average Bonchev–Trinajstić information content (AvgIpc) is 2.82. The fourth-order valence-electron chi connectivity index (χ4n) is 2.10. The first-order valence-electron chi connectivity index (χ1n) is 5.65. The van der Waals surface area contributed by atoms with E-state index >= 15 is 0 Å². The molecular weight excluding hydrogens is 252 g/mol. The van der Waals surface area contributed by atoms with Gasteiger partial charge in [-0.25, -0.2) is 4.98 Å². The number of aromatic nitrogens is 2. The van der Waals surface area contributed by atoms with Crippen molar-refractivity contribution in [2.45, 2.75) is 11.8 Å². The van der Waals surface area contributed by atoms with Crippen molar-refractivity contribution >= 4 is 11.6 Å². The third kappa shape index (κ3) is 1.78. The first-order chi connectivity index (χ1) is 8.79. The lowest BCUT2D eigenvalue weighted by molar-refractivity contribution is 0.339. The van der Waals surface area contributed by atoms with Gasteiger partial charge in [-0.3, -0.25) is 4.79 Å². The van der Waals surface area contributed by atoms with E-state index in [0.717, 1.165) is 11.3 Å². The van der Waals surface area contributed by atoms with Gasteiger partial charge in [0.15, 0.2) is 0 Å². The summed E-state index contributed by atoms with van der Waals surface area (Å²) in [6.45, 7) is 0.502. The minimum atomic E-state index is -0.181. The minimum Gasteiger partial charge on any atom is -0.492 e. The van der Waals surface area contributed by atoms with Gasteiger partial charge < -0.3 is 9.72 Å². The zero-order valence-electron chi connectivity index (χ0n) is 9.52. The molecule has 1 aliphatic heterocycles. The van der Waals surface area contributed by atoms with E-state index in [1.807, 2.05) is 24.3 Å². The van der Waals surface area contributed by atoms with Crippen LogP contribution >= 0.6 is 11.6 Å². The van der Waals surface area contributed by atoms with Crippen LogP contribution in [0.25, 0.3) is 0 Å². The van der Waals surface area contributed by atoms with Crippen molar-refractivity contribution in [3.8, 4) is 5.75 Å². The molecule has 1 atom stereocenters. The van der Waals surface area contributed by atoms with Gasteiger partial charge in [-0.2, -0.15) is 0 Å². The van der Waals surface area contributed by atoms with E-state index in [1.165, 1.54) is 6.20 Å². The molecule has 0 fully saturated rings. The lowest BCUT2D eigenvalue weighted by Crippen LogP contribution is -2.18. The fraction of sp³-hybridized carbons (Fsp3) is 0.231. The number of ether oxygens (including phenoxy) is 1. The Morgan fingerprint density at radius 3 is 3.06 bits per heavy atom. The Kier molecular flexibility index (Phi) is 2.80. The molecule has 2 aromatic rings. The molecule has 2 heterocycles. The number of rotatable bonds is 2. The molecule has 1 aliphatic rings. The summed E-state index contributed by atoms with van der Waals surface area (Å²) in [7, 11) is 0. The molecule has 5 heteroatoms. The molecule has 0 saturated carbocycles. The van der Waals surface area contributed by atoms with Crippen LogP contribution in [0.5, 0.6) is 5.75 Å². The van der Waals surface area contributed by atoms with Crippen molar-refractivity contribution in [3.63, 3.8) is 0 Å². The highest BCUT2D eigenvalue weighted by Gasteiger charge is 2.27. The molecule has 0 amide bonds. The van der Waals surface area contributed by atoms with E-state index in [9.17, 15) is 4.79 Å². The van der Waals surface area contributed by atoms with Gasteiger partial charge in [0, 0.05) is 11.8 Å². The minimum absolute atomic E-state index is 0.0155. The number of hydrogen-bond acceptors (Lipinski definition) is 3. The van der Waals surface area contributed by atoms with Gasteiger partial charge in [0.2, 0.25) is 0 Å². The number of benzene rings is 1. The highest BCUT2D eigenvalue weighted by molar-refractivity contribution is 6.17. The highest BCUT2D eigenvalue weighted by Crippen LogP contribution is 2.35. The molecule has 4 nitrogen and oxygen atoms in total. The number of para-hydroxylation sites is 1. The molecule has 1 aromatic heterocycles. The third-order valence-electron chi connectivity index (χ3n) is 3.07. The summed E-state index contributed by atoms with van der Waals surface area (Å²) in [5.41, 5.74) is 1.35. The van der Waals surface area contributed by atoms with Crippen LogP contribution < -0.4 is 10.3 Å². The molecule has 1 aromatic carbocycles. The molecule has 1 unspecified atom stereocenters. The number of halogens is 1. The lowest BCUT2D eigenvalue weighted by atomic mass is 10.0. The summed E-state index contributed by atoms with van der Waals surface area (Å²) in [4.78, 5) is 18.8. The Bertz CT molecular complexity index is 639. The monoisotopic (exact) mass is 262 g/mol. The van der Waals surface area contributed by atoms with Gasteiger partial charge in [0.1, 0.15) is 18.2 Å². The van der Waals surface area contributed by atoms with Crippen LogP contribution in [0.1, 0.15) is 22.9 Å². The number of nitrogens with one attached hydrogen (secondary N) is 1. The number of fused-ring (bicyclic) bond motifs is 1. The molecule has 92 valence electrons. The number of hydrogen-bond donors (Lipinski definition) is 1. The van der Waals surface area contributed by atoms with Gasteiger partial charge in [-0.1, -0.05) is 18.2 Å². The maximum absolute atomic E-state index is 11.7. The highest BCUT2D eigenvalue weighted by atomic mass is 35.5. The van der Waals surface area contributed by atoms with Crippen molar-refractivity contribution in [2.24, 2.45) is 0 Å². The Morgan fingerprint density at radius 2 is 2.28 bits per heavy atom. The van der Waals surface area contributed by atoms with E-state index in [4.69, 9.17) is 16.3 Å². The van der Waals surface area contributed by atoms with Crippen LogP contribution in [0, 0.1) is 0 Å². The van der Waals surface area contributed by atoms with Crippen molar-refractivity contribution in [2.75, 3.05) is 6.61 Å². The first-order valence-corrected chi connectivity index (χ1v) is 6.19. The predicted molar refractivity (Wildman–Crippen MR) is 68.2 cm³/mol. The second-order valence-corrected chi connectivity index (χ2v) is 4.43. The number of H-pyrrole nitrogens is 1. The maximum atomic E-state index is 11.7. The topological polar surface area (TPSA) is 55.0 Å². The molecule has 0 aliphatic carbocycles. The standard InChI is InChI=1S/C13H11ClN2O2/c14-5-8-6-15-12(16-13(8)17)10-7-18-11-4-2-1-3-9(10)11/h1-4,6,10H,5,7H2,(H,15,16,17).